The lowest BCUT2D eigenvalue weighted by Crippen LogP contribution is -2.11. The van der Waals surface area contributed by atoms with E-state index in [-0.39, 0.29) is 5.91 Å². The van der Waals surface area contributed by atoms with Crippen LogP contribution in [0.1, 0.15) is 15.9 Å². The molecule has 0 spiro atoms. The van der Waals surface area contributed by atoms with Gasteiger partial charge in [-0.25, -0.2) is 4.98 Å². The number of anilines is 1. The summed E-state index contributed by atoms with van der Waals surface area (Å²) in [6, 6.07) is 25.1. The molecule has 0 saturated carbocycles. The van der Waals surface area contributed by atoms with Crippen LogP contribution in [0.2, 0.25) is 5.02 Å². The highest BCUT2D eigenvalue weighted by atomic mass is 35.5. The third-order valence-electron chi connectivity index (χ3n) is 4.32. The summed E-state index contributed by atoms with van der Waals surface area (Å²) < 4.78 is 0. The molecule has 0 aliphatic heterocycles. The molecule has 0 radical (unpaired) electrons. The average molecular weight is 405 g/mol. The first-order valence-electron chi connectivity index (χ1n) is 8.80. The standard InChI is InChI=1S/C23H17ClN2OS/c1-15-7-9-16(10-8-15)20-21(17-5-3-2-4-6-17)28-23(25-20)26-22(27)18-11-13-19(24)14-12-18/h2-14H,1H3,(H,25,26,27). The summed E-state index contributed by atoms with van der Waals surface area (Å²) in [4.78, 5) is 18.3. The lowest BCUT2D eigenvalue weighted by Gasteiger charge is -2.03. The maximum Gasteiger partial charge on any atom is 0.257 e. The molecule has 3 nitrogen and oxygen atoms in total. The molecule has 0 fully saturated rings. The molecular formula is C23H17ClN2OS. The van der Waals surface area contributed by atoms with Crippen LogP contribution in [0, 0.1) is 6.92 Å². The van der Waals surface area contributed by atoms with Crippen LogP contribution in [0.4, 0.5) is 5.13 Å². The number of rotatable bonds is 4. The predicted molar refractivity (Wildman–Crippen MR) is 117 cm³/mol. The van der Waals surface area contributed by atoms with Gasteiger partial charge in [0.25, 0.3) is 5.91 Å². The molecule has 1 aromatic heterocycles. The van der Waals surface area contributed by atoms with E-state index in [9.17, 15) is 4.79 Å². The fraction of sp³-hybridized carbons (Fsp3) is 0.0435. The van der Waals surface area contributed by atoms with Crippen LogP contribution in [-0.2, 0) is 0 Å². The molecule has 0 atom stereocenters. The largest absolute Gasteiger partial charge is 0.298 e. The lowest BCUT2D eigenvalue weighted by atomic mass is 10.1. The van der Waals surface area contributed by atoms with Crippen molar-refractivity contribution in [2.24, 2.45) is 0 Å². The maximum atomic E-state index is 12.6. The van der Waals surface area contributed by atoms with E-state index in [0.717, 1.165) is 21.7 Å². The van der Waals surface area contributed by atoms with Crippen molar-refractivity contribution in [1.82, 2.24) is 4.98 Å². The Labute approximate surface area is 172 Å². The van der Waals surface area contributed by atoms with Gasteiger partial charge in [0.2, 0.25) is 0 Å². The highest BCUT2D eigenvalue weighted by Crippen LogP contribution is 2.39. The van der Waals surface area contributed by atoms with Crippen molar-refractivity contribution in [1.29, 1.82) is 0 Å². The average Bonchev–Trinajstić information content (AvgIpc) is 3.13. The van der Waals surface area contributed by atoms with Gasteiger partial charge in [-0.1, -0.05) is 83.1 Å². The van der Waals surface area contributed by atoms with Crippen molar-refractivity contribution in [3.8, 4) is 21.7 Å². The molecular weight excluding hydrogens is 388 g/mol. The Morgan fingerprint density at radius 3 is 2.25 bits per heavy atom. The van der Waals surface area contributed by atoms with Gasteiger partial charge in [-0.15, -0.1) is 0 Å². The number of hydrogen-bond donors (Lipinski definition) is 1. The normalized spacial score (nSPS) is 10.6. The van der Waals surface area contributed by atoms with E-state index in [0.29, 0.717) is 15.7 Å². The van der Waals surface area contributed by atoms with Gasteiger partial charge in [0.1, 0.15) is 0 Å². The number of aryl methyl sites for hydroxylation is 1. The molecule has 1 heterocycles. The molecule has 28 heavy (non-hydrogen) atoms. The number of carbonyl (C=O) groups is 1. The number of thiazole rings is 1. The van der Waals surface area contributed by atoms with Gasteiger partial charge in [-0.3, -0.25) is 10.1 Å². The van der Waals surface area contributed by atoms with Gasteiger partial charge >= 0.3 is 0 Å². The number of nitrogens with zero attached hydrogens (tertiary/aromatic N) is 1. The van der Waals surface area contributed by atoms with Crippen LogP contribution in [0.3, 0.4) is 0 Å². The third-order valence-corrected chi connectivity index (χ3v) is 5.59. The van der Waals surface area contributed by atoms with Crippen molar-refractivity contribution in [2.75, 3.05) is 5.32 Å². The first-order valence-corrected chi connectivity index (χ1v) is 10.00. The van der Waals surface area contributed by atoms with Crippen molar-refractivity contribution in [3.63, 3.8) is 0 Å². The van der Waals surface area contributed by atoms with Gasteiger partial charge in [0.15, 0.2) is 5.13 Å². The quantitative estimate of drug-likeness (QED) is 0.411. The van der Waals surface area contributed by atoms with E-state index in [1.54, 1.807) is 24.3 Å². The van der Waals surface area contributed by atoms with Gasteiger partial charge in [-0.05, 0) is 36.8 Å². The van der Waals surface area contributed by atoms with Gasteiger partial charge < -0.3 is 0 Å². The molecule has 0 unspecified atom stereocenters. The van der Waals surface area contributed by atoms with Crippen LogP contribution in [0.25, 0.3) is 21.7 Å². The minimum Gasteiger partial charge on any atom is -0.298 e. The number of aromatic nitrogens is 1. The van der Waals surface area contributed by atoms with Crippen LogP contribution in [0.5, 0.6) is 0 Å². The Balaban J connectivity index is 1.71. The Kier molecular flexibility index (Phi) is 5.24. The Hall–Kier alpha value is -2.95. The van der Waals surface area contributed by atoms with Crippen molar-refractivity contribution in [3.05, 3.63) is 95.0 Å². The lowest BCUT2D eigenvalue weighted by molar-refractivity contribution is 0.102. The molecule has 1 amide bonds. The fourth-order valence-electron chi connectivity index (χ4n) is 2.84. The molecule has 3 aromatic carbocycles. The molecule has 0 aliphatic rings. The van der Waals surface area contributed by atoms with Crippen LogP contribution in [0.15, 0.2) is 78.9 Å². The van der Waals surface area contributed by atoms with Crippen LogP contribution in [-0.4, -0.2) is 10.9 Å². The van der Waals surface area contributed by atoms with E-state index in [1.165, 1.54) is 16.9 Å². The molecule has 0 saturated heterocycles. The second-order valence-corrected chi connectivity index (χ2v) is 7.83. The zero-order valence-electron chi connectivity index (χ0n) is 15.1. The first kappa shape index (κ1) is 18.4. The van der Waals surface area contributed by atoms with Crippen LogP contribution >= 0.6 is 22.9 Å². The predicted octanol–water partition coefficient (Wildman–Crippen LogP) is 6.69. The summed E-state index contributed by atoms with van der Waals surface area (Å²) in [5.74, 6) is -0.208. The van der Waals surface area contributed by atoms with E-state index >= 15 is 0 Å². The van der Waals surface area contributed by atoms with Crippen molar-refractivity contribution >= 4 is 34.0 Å². The summed E-state index contributed by atoms with van der Waals surface area (Å²) in [6.45, 7) is 2.06. The first-order chi connectivity index (χ1) is 13.6. The van der Waals surface area contributed by atoms with Gasteiger partial charge in [0.05, 0.1) is 10.6 Å². The second-order valence-electron chi connectivity index (χ2n) is 6.39. The third kappa shape index (κ3) is 3.98. The molecule has 4 aromatic rings. The number of amides is 1. The highest BCUT2D eigenvalue weighted by Gasteiger charge is 2.17. The van der Waals surface area contributed by atoms with Gasteiger partial charge in [0, 0.05) is 16.1 Å². The summed E-state index contributed by atoms with van der Waals surface area (Å²) in [5, 5.41) is 4.08. The molecule has 138 valence electrons. The zero-order valence-corrected chi connectivity index (χ0v) is 16.7. The SMILES string of the molecule is Cc1ccc(-c2nc(NC(=O)c3ccc(Cl)cc3)sc2-c2ccccc2)cc1. The summed E-state index contributed by atoms with van der Waals surface area (Å²) in [7, 11) is 0. The Morgan fingerprint density at radius 1 is 0.893 bits per heavy atom. The smallest absolute Gasteiger partial charge is 0.257 e. The van der Waals surface area contributed by atoms with E-state index in [2.05, 4.69) is 48.6 Å². The monoisotopic (exact) mass is 404 g/mol. The second kappa shape index (κ2) is 7.97. The minimum atomic E-state index is -0.208. The Bertz CT molecular complexity index is 1100. The Morgan fingerprint density at radius 2 is 1.57 bits per heavy atom. The van der Waals surface area contributed by atoms with E-state index < -0.39 is 0 Å². The number of carbonyl (C=O) groups excluding carboxylic acids is 1. The molecule has 5 heteroatoms. The number of benzene rings is 3. The fourth-order valence-corrected chi connectivity index (χ4v) is 3.95. The van der Waals surface area contributed by atoms with E-state index in [1.807, 2.05) is 18.2 Å². The number of halogens is 1. The topological polar surface area (TPSA) is 42.0 Å². The summed E-state index contributed by atoms with van der Waals surface area (Å²) in [5.41, 5.74) is 4.69. The van der Waals surface area contributed by atoms with Crippen LogP contribution < -0.4 is 5.32 Å². The van der Waals surface area contributed by atoms with Gasteiger partial charge in [-0.2, -0.15) is 0 Å². The van der Waals surface area contributed by atoms with Crippen molar-refractivity contribution in [2.45, 2.75) is 6.92 Å². The zero-order chi connectivity index (χ0) is 19.5. The highest BCUT2D eigenvalue weighted by molar-refractivity contribution is 7.19. The molecule has 1 N–H and O–H groups in total. The molecule has 4 rings (SSSR count). The van der Waals surface area contributed by atoms with E-state index in [4.69, 9.17) is 16.6 Å². The number of nitrogens with one attached hydrogen (secondary N) is 1. The summed E-state index contributed by atoms with van der Waals surface area (Å²) >= 11 is 7.37. The molecule has 0 bridgehead atoms. The number of hydrogen-bond acceptors (Lipinski definition) is 3. The molecule has 0 aliphatic carbocycles. The van der Waals surface area contributed by atoms with Crippen molar-refractivity contribution < 1.29 is 4.79 Å². The summed E-state index contributed by atoms with van der Waals surface area (Å²) in [6.07, 6.45) is 0. The maximum absolute atomic E-state index is 12.6. The minimum absolute atomic E-state index is 0.208.